The lowest BCUT2D eigenvalue weighted by Crippen LogP contribution is -2.58. The summed E-state index contributed by atoms with van der Waals surface area (Å²) in [7, 11) is 0. The molecular weight excluding hydrogens is 228 g/mol. The van der Waals surface area contributed by atoms with Crippen LogP contribution in [0, 0.1) is 0 Å². The number of ether oxygens (including phenoxy) is 3. The molecule has 0 aliphatic carbocycles. The van der Waals surface area contributed by atoms with Crippen molar-refractivity contribution in [2.45, 2.75) is 38.3 Å². The van der Waals surface area contributed by atoms with E-state index in [0.717, 1.165) is 6.08 Å². The van der Waals surface area contributed by atoms with Crippen LogP contribution in [0.4, 0.5) is 0 Å². The highest BCUT2D eigenvalue weighted by atomic mass is 16.8. The fraction of sp³-hybridized carbons (Fsp3) is 0.636. The minimum atomic E-state index is -2.05. The van der Waals surface area contributed by atoms with Gasteiger partial charge in [0.1, 0.15) is 0 Å². The summed E-state index contributed by atoms with van der Waals surface area (Å²) in [5.74, 6) is -3.52. The van der Waals surface area contributed by atoms with Crippen molar-refractivity contribution in [2.24, 2.45) is 0 Å². The maximum Gasteiger partial charge on any atom is 0.345 e. The van der Waals surface area contributed by atoms with Crippen LogP contribution < -0.4 is 0 Å². The van der Waals surface area contributed by atoms with Gasteiger partial charge < -0.3 is 19.3 Å². The molecule has 1 heterocycles. The predicted octanol–water partition coefficient (Wildman–Crippen LogP) is 0.145. The van der Waals surface area contributed by atoms with Gasteiger partial charge in [0.05, 0.1) is 6.10 Å². The molecule has 0 saturated carbocycles. The van der Waals surface area contributed by atoms with Crippen molar-refractivity contribution >= 4 is 11.9 Å². The summed E-state index contributed by atoms with van der Waals surface area (Å²) in [6.07, 6.45) is 0.554. The van der Waals surface area contributed by atoms with Crippen molar-refractivity contribution < 1.29 is 28.9 Å². The zero-order valence-corrected chi connectivity index (χ0v) is 10.1. The normalized spacial score (nSPS) is 32.4. The van der Waals surface area contributed by atoms with Crippen LogP contribution in [0.3, 0.4) is 0 Å². The molecule has 2 unspecified atom stereocenters. The van der Waals surface area contributed by atoms with Crippen LogP contribution in [-0.4, -0.2) is 41.1 Å². The van der Waals surface area contributed by atoms with E-state index in [1.807, 2.05) is 0 Å². The Bertz CT molecular complexity index is 346. The molecule has 1 saturated heterocycles. The molecule has 0 aromatic rings. The van der Waals surface area contributed by atoms with Gasteiger partial charge in [0.25, 0.3) is 5.79 Å². The smallest absolute Gasteiger partial charge is 0.345 e. The molecule has 2 atom stereocenters. The van der Waals surface area contributed by atoms with Crippen LogP contribution in [0.15, 0.2) is 12.7 Å². The van der Waals surface area contributed by atoms with E-state index >= 15 is 0 Å². The highest BCUT2D eigenvalue weighted by Crippen LogP contribution is 2.36. The van der Waals surface area contributed by atoms with Crippen molar-refractivity contribution in [3.63, 3.8) is 0 Å². The van der Waals surface area contributed by atoms with Crippen molar-refractivity contribution in [2.75, 3.05) is 6.61 Å². The molecule has 1 fully saturated rings. The number of rotatable bonds is 4. The maximum absolute atomic E-state index is 11.4. The van der Waals surface area contributed by atoms with Crippen LogP contribution in [0.5, 0.6) is 0 Å². The van der Waals surface area contributed by atoms with E-state index in [1.54, 1.807) is 13.8 Å². The number of cyclic esters (lactones) is 1. The number of esters is 2. The molecule has 0 spiro atoms. The van der Waals surface area contributed by atoms with Crippen LogP contribution >= 0.6 is 0 Å². The van der Waals surface area contributed by atoms with Gasteiger partial charge in [0.2, 0.25) is 5.60 Å². The summed E-state index contributed by atoms with van der Waals surface area (Å²) in [5, 5.41) is 10.1. The fourth-order valence-electron chi connectivity index (χ4n) is 1.48. The average Bonchev–Trinajstić information content (AvgIpc) is 2.42. The topological polar surface area (TPSA) is 82.1 Å². The molecule has 0 radical (unpaired) electrons. The Balaban J connectivity index is 3.06. The Morgan fingerprint density at radius 3 is 2.59 bits per heavy atom. The molecule has 1 rings (SSSR count). The third kappa shape index (κ3) is 2.32. The van der Waals surface area contributed by atoms with Crippen molar-refractivity contribution in [1.82, 2.24) is 0 Å². The first-order valence-corrected chi connectivity index (χ1v) is 5.18. The summed E-state index contributed by atoms with van der Waals surface area (Å²) >= 11 is 0. The summed E-state index contributed by atoms with van der Waals surface area (Å²) in [4.78, 5) is 22.6. The van der Waals surface area contributed by atoms with E-state index < -0.39 is 23.3 Å². The van der Waals surface area contributed by atoms with Crippen molar-refractivity contribution in [1.29, 1.82) is 0 Å². The number of hydrogen-bond acceptors (Lipinski definition) is 6. The second kappa shape index (κ2) is 4.46. The van der Waals surface area contributed by atoms with Gasteiger partial charge in [-0.05, 0) is 20.8 Å². The molecule has 6 nitrogen and oxygen atoms in total. The van der Waals surface area contributed by atoms with E-state index in [0.29, 0.717) is 0 Å². The molecule has 17 heavy (non-hydrogen) atoms. The van der Waals surface area contributed by atoms with Gasteiger partial charge in [-0.15, -0.1) is 0 Å². The van der Waals surface area contributed by atoms with Crippen molar-refractivity contribution in [3.05, 3.63) is 12.7 Å². The quantitative estimate of drug-likeness (QED) is 0.430. The molecule has 0 aromatic heterocycles. The molecule has 0 amide bonds. The Kier molecular flexibility index (Phi) is 3.59. The van der Waals surface area contributed by atoms with E-state index in [4.69, 9.17) is 14.2 Å². The Labute approximate surface area is 99.2 Å². The third-order valence-electron chi connectivity index (χ3n) is 2.39. The molecule has 1 N–H and O–H groups in total. The number of carbonyl (C=O) groups excluding carboxylic acids is 2. The van der Waals surface area contributed by atoms with Crippen LogP contribution in [-0.2, 0) is 23.8 Å². The molecule has 1 aliphatic heterocycles. The molecule has 0 bridgehead atoms. The largest absolute Gasteiger partial charge is 0.456 e. The van der Waals surface area contributed by atoms with Gasteiger partial charge in [-0.2, -0.15) is 0 Å². The van der Waals surface area contributed by atoms with Crippen LogP contribution in [0.2, 0.25) is 0 Å². The lowest BCUT2D eigenvalue weighted by atomic mass is 9.98. The zero-order chi connectivity index (χ0) is 13.3. The van der Waals surface area contributed by atoms with Crippen LogP contribution in [0.1, 0.15) is 20.8 Å². The second-order valence-corrected chi connectivity index (χ2v) is 4.19. The molecule has 96 valence electrons. The Hall–Kier alpha value is -1.40. The highest BCUT2D eigenvalue weighted by Gasteiger charge is 2.64. The van der Waals surface area contributed by atoms with Gasteiger partial charge in [0, 0.05) is 6.08 Å². The average molecular weight is 244 g/mol. The van der Waals surface area contributed by atoms with E-state index in [-0.39, 0.29) is 12.7 Å². The highest BCUT2D eigenvalue weighted by molar-refractivity contribution is 5.86. The lowest BCUT2D eigenvalue weighted by Gasteiger charge is -2.35. The predicted molar refractivity (Wildman–Crippen MR) is 56.8 cm³/mol. The van der Waals surface area contributed by atoms with Gasteiger partial charge in [-0.1, -0.05) is 6.58 Å². The molecule has 0 aromatic carbocycles. The second-order valence-electron chi connectivity index (χ2n) is 4.19. The number of aliphatic hydroxyl groups is 1. The van der Waals surface area contributed by atoms with E-state index in [9.17, 15) is 14.7 Å². The first kappa shape index (κ1) is 13.7. The standard InChI is InChI=1S/C11H16O6/c1-5-8(12)17-11(16-7(2)3)6-15-9(13)10(11,4)14/h5,7,14H,1,6H2,2-4H3. The van der Waals surface area contributed by atoms with E-state index in [2.05, 4.69) is 6.58 Å². The zero-order valence-electron chi connectivity index (χ0n) is 10.1. The number of hydrogen-bond donors (Lipinski definition) is 1. The minimum absolute atomic E-state index is 0.351. The summed E-state index contributed by atoms with van der Waals surface area (Å²) in [6, 6.07) is 0. The maximum atomic E-state index is 11.4. The van der Waals surface area contributed by atoms with Crippen LogP contribution in [0.25, 0.3) is 0 Å². The lowest BCUT2D eigenvalue weighted by molar-refractivity contribution is -0.289. The van der Waals surface area contributed by atoms with E-state index in [1.165, 1.54) is 6.92 Å². The minimum Gasteiger partial charge on any atom is -0.456 e. The SMILES string of the molecule is C=CC(=O)OC1(OC(C)C)COC(=O)C1(C)O. The first-order chi connectivity index (χ1) is 7.75. The fourth-order valence-corrected chi connectivity index (χ4v) is 1.48. The van der Waals surface area contributed by atoms with Gasteiger partial charge in [0.15, 0.2) is 6.61 Å². The Morgan fingerprint density at radius 2 is 2.24 bits per heavy atom. The van der Waals surface area contributed by atoms with Gasteiger partial charge >= 0.3 is 11.9 Å². The summed E-state index contributed by atoms with van der Waals surface area (Å²) in [5.41, 5.74) is -2.05. The number of carbonyl (C=O) groups is 2. The third-order valence-corrected chi connectivity index (χ3v) is 2.39. The van der Waals surface area contributed by atoms with Gasteiger partial charge in [-0.25, -0.2) is 9.59 Å². The monoisotopic (exact) mass is 244 g/mol. The molecular formula is C11H16O6. The molecule has 6 heteroatoms. The molecule has 1 aliphatic rings. The summed E-state index contributed by atoms with van der Waals surface area (Å²) < 4.78 is 15.0. The van der Waals surface area contributed by atoms with Gasteiger partial charge in [-0.3, -0.25) is 0 Å². The Morgan fingerprint density at radius 1 is 1.65 bits per heavy atom. The first-order valence-electron chi connectivity index (χ1n) is 5.18. The summed E-state index contributed by atoms with van der Waals surface area (Å²) in [6.45, 7) is 7.44. The van der Waals surface area contributed by atoms with Crippen molar-refractivity contribution in [3.8, 4) is 0 Å².